The van der Waals surface area contributed by atoms with Gasteiger partial charge in [0, 0.05) is 12.8 Å². The number of esters is 1. The Morgan fingerprint density at radius 2 is 0.603 bits per heavy atom. The summed E-state index contributed by atoms with van der Waals surface area (Å²) in [6, 6.07) is -0.625. The second-order valence-corrected chi connectivity index (χ2v) is 24.2. The molecule has 0 heterocycles. The molecule has 2 unspecified atom stereocenters. The zero-order valence-corrected chi connectivity index (χ0v) is 52.7. The van der Waals surface area contributed by atoms with Gasteiger partial charge < -0.3 is 20.3 Å². The average Bonchev–Trinajstić information content (AvgIpc) is 3.44. The lowest BCUT2D eigenvalue weighted by molar-refractivity contribution is -0.143. The topological polar surface area (TPSA) is 95.9 Å². The summed E-state index contributed by atoms with van der Waals surface area (Å²) < 4.78 is 5.51. The van der Waals surface area contributed by atoms with Gasteiger partial charge in [-0.25, -0.2) is 0 Å². The van der Waals surface area contributed by atoms with E-state index in [0.29, 0.717) is 19.4 Å². The van der Waals surface area contributed by atoms with Crippen LogP contribution in [0.1, 0.15) is 386 Å². The fourth-order valence-electron chi connectivity index (χ4n) is 11.0. The van der Waals surface area contributed by atoms with Crippen LogP contribution >= 0.6 is 0 Å². The van der Waals surface area contributed by atoms with E-state index in [4.69, 9.17) is 4.74 Å². The molecule has 0 aliphatic heterocycles. The maximum Gasteiger partial charge on any atom is 0.305 e. The first-order valence-electron chi connectivity index (χ1n) is 35.3. The summed E-state index contributed by atoms with van der Waals surface area (Å²) >= 11 is 0. The van der Waals surface area contributed by atoms with E-state index in [1.165, 1.54) is 321 Å². The minimum absolute atomic E-state index is 0.0173. The van der Waals surface area contributed by atoms with Crippen LogP contribution in [-0.4, -0.2) is 47.4 Å². The number of ether oxygens (including phenoxy) is 1. The van der Waals surface area contributed by atoms with E-state index in [0.717, 1.165) is 38.5 Å². The Balaban J connectivity index is 3.34. The maximum absolute atomic E-state index is 12.4. The lowest BCUT2D eigenvalue weighted by Gasteiger charge is -2.20. The standard InChI is InChI=1S/C72H137NO5/c1-3-5-7-9-11-13-15-16-17-18-32-36-39-42-46-50-54-58-62-66-72(77)78-67-63-59-55-51-47-43-40-37-34-31-29-27-25-23-21-19-20-22-24-26-28-30-33-35-38-41-45-49-53-57-61-65-71(76)73-69(68-74)70(75)64-60-56-52-48-44-14-12-10-8-6-4-2/h16-17,21,23,60,64,69-70,74-75H,3-15,18-20,22,24-59,61-63,65-68H2,1-2H3,(H,73,76)/b17-16-,23-21-,64-60+. The highest BCUT2D eigenvalue weighted by atomic mass is 16.5. The van der Waals surface area contributed by atoms with Gasteiger partial charge in [-0.1, -0.05) is 326 Å². The number of amides is 1. The van der Waals surface area contributed by atoms with E-state index in [-0.39, 0.29) is 18.5 Å². The van der Waals surface area contributed by atoms with Crippen molar-refractivity contribution in [3.8, 4) is 0 Å². The molecule has 0 aromatic carbocycles. The Kier molecular flexibility index (Phi) is 65.9. The predicted octanol–water partition coefficient (Wildman–Crippen LogP) is 22.7. The van der Waals surface area contributed by atoms with E-state index in [1.54, 1.807) is 6.08 Å². The first kappa shape index (κ1) is 76.1. The summed E-state index contributed by atoms with van der Waals surface area (Å²) in [5.74, 6) is -0.0486. The minimum Gasteiger partial charge on any atom is -0.466 e. The Labute approximate surface area is 487 Å². The summed E-state index contributed by atoms with van der Waals surface area (Å²) in [6.45, 7) is 4.91. The van der Waals surface area contributed by atoms with Crippen LogP contribution in [0.2, 0.25) is 0 Å². The van der Waals surface area contributed by atoms with Gasteiger partial charge in [0.15, 0.2) is 0 Å². The fraction of sp³-hybridized carbons (Fsp3) is 0.889. The maximum atomic E-state index is 12.4. The highest BCUT2D eigenvalue weighted by Crippen LogP contribution is 2.18. The molecule has 0 bridgehead atoms. The summed E-state index contributed by atoms with van der Waals surface area (Å²) in [5, 5.41) is 23.1. The Morgan fingerprint density at radius 3 is 0.910 bits per heavy atom. The van der Waals surface area contributed by atoms with Crippen molar-refractivity contribution in [2.45, 2.75) is 398 Å². The molecule has 0 aromatic rings. The largest absolute Gasteiger partial charge is 0.466 e. The van der Waals surface area contributed by atoms with Crippen LogP contribution < -0.4 is 5.32 Å². The minimum atomic E-state index is -0.841. The molecular formula is C72H137NO5. The van der Waals surface area contributed by atoms with E-state index < -0.39 is 12.1 Å². The van der Waals surface area contributed by atoms with Crippen LogP contribution in [0.3, 0.4) is 0 Å². The van der Waals surface area contributed by atoms with Gasteiger partial charge in [0.25, 0.3) is 0 Å². The van der Waals surface area contributed by atoms with Crippen molar-refractivity contribution < 1.29 is 24.5 Å². The average molecular weight is 1100 g/mol. The molecule has 0 radical (unpaired) electrons. The molecule has 2 atom stereocenters. The molecule has 6 nitrogen and oxygen atoms in total. The van der Waals surface area contributed by atoms with Gasteiger partial charge in [0.1, 0.15) is 0 Å². The van der Waals surface area contributed by atoms with E-state index in [1.807, 2.05) is 6.08 Å². The first-order valence-corrected chi connectivity index (χ1v) is 35.3. The third kappa shape index (κ3) is 63.3. The van der Waals surface area contributed by atoms with Gasteiger partial charge in [-0.2, -0.15) is 0 Å². The number of nitrogens with one attached hydrogen (secondary N) is 1. The number of aliphatic hydroxyl groups is 2. The van der Waals surface area contributed by atoms with Crippen molar-refractivity contribution in [1.29, 1.82) is 0 Å². The molecule has 0 fully saturated rings. The number of carbonyl (C=O) groups excluding carboxylic acids is 2. The molecule has 6 heteroatoms. The van der Waals surface area contributed by atoms with E-state index in [2.05, 4.69) is 43.5 Å². The van der Waals surface area contributed by atoms with Crippen LogP contribution in [0.4, 0.5) is 0 Å². The third-order valence-electron chi connectivity index (χ3n) is 16.4. The van der Waals surface area contributed by atoms with Crippen molar-refractivity contribution in [2.75, 3.05) is 13.2 Å². The van der Waals surface area contributed by atoms with Gasteiger partial charge in [-0.3, -0.25) is 9.59 Å². The molecule has 0 aromatic heterocycles. The molecule has 0 saturated heterocycles. The monoisotopic (exact) mass is 1100 g/mol. The zero-order chi connectivity index (χ0) is 56.4. The fourth-order valence-corrected chi connectivity index (χ4v) is 11.0. The third-order valence-corrected chi connectivity index (χ3v) is 16.4. The van der Waals surface area contributed by atoms with Gasteiger partial charge in [-0.15, -0.1) is 0 Å². The molecule has 0 spiro atoms. The summed E-state index contributed by atoms with van der Waals surface area (Å²) in [6.07, 6.45) is 86.6. The molecule has 1 amide bonds. The summed E-state index contributed by atoms with van der Waals surface area (Å²) in [7, 11) is 0. The number of unbranched alkanes of at least 4 members (excludes halogenated alkanes) is 51. The van der Waals surface area contributed by atoms with Crippen LogP contribution in [-0.2, 0) is 14.3 Å². The van der Waals surface area contributed by atoms with Crippen LogP contribution in [0, 0.1) is 0 Å². The van der Waals surface area contributed by atoms with Gasteiger partial charge in [0.2, 0.25) is 5.91 Å². The normalized spacial score (nSPS) is 12.7. The number of allylic oxidation sites excluding steroid dienone is 5. The Morgan fingerprint density at radius 1 is 0.346 bits per heavy atom. The van der Waals surface area contributed by atoms with Gasteiger partial charge >= 0.3 is 5.97 Å². The zero-order valence-electron chi connectivity index (χ0n) is 52.7. The number of carbonyl (C=O) groups is 2. The summed E-state index contributed by atoms with van der Waals surface area (Å²) in [5.41, 5.74) is 0. The molecule has 0 aliphatic carbocycles. The predicted molar refractivity (Wildman–Crippen MR) is 343 cm³/mol. The molecule has 0 aliphatic rings. The van der Waals surface area contributed by atoms with Crippen molar-refractivity contribution in [1.82, 2.24) is 5.32 Å². The lowest BCUT2D eigenvalue weighted by atomic mass is 10.0. The quantitative estimate of drug-likeness (QED) is 0.0320. The molecule has 460 valence electrons. The second-order valence-electron chi connectivity index (χ2n) is 24.2. The van der Waals surface area contributed by atoms with Crippen LogP contribution in [0.15, 0.2) is 36.5 Å². The van der Waals surface area contributed by atoms with Crippen molar-refractivity contribution >= 4 is 11.9 Å². The van der Waals surface area contributed by atoms with Gasteiger partial charge in [-0.05, 0) is 83.5 Å². The van der Waals surface area contributed by atoms with Crippen molar-refractivity contribution in [3.63, 3.8) is 0 Å². The van der Waals surface area contributed by atoms with Crippen molar-refractivity contribution in [2.24, 2.45) is 0 Å². The van der Waals surface area contributed by atoms with Crippen LogP contribution in [0.5, 0.6) is 0 Å². The SMILES string of the molecule is CCCCCCCC/C=C\CCCCCCCCCCCC(=O)OCCCCCCCCCCCCCC/C=C\CCCCCCCCCCCCCCCCCC(=O)NC(CO)C(O)/C=C/CCCCCCCCCCC. The molecule has 78 heavy (non-hydrogen) atoms. The summed E-state index contributed by atoms with van der Waals surface area (Å²) in [4.78, 5) is 24.6. The Bertz CT molecular complexity index is 1260. The Hall–Kier alpha value is -1.92. The molecule has 0 saturated carbocycles. The molecule has 3 N–H and O–H groups in total. The number of hydrogen-bond donors (Lipinski definition) is 3. The number of hydrogen-bond acceptors (Lipinski definition) is 5. The van der Waals surface area contributed by atoms with Gasteiger partial charge in [0.05, 0.1) is 25.4 Å². The van der Waals surface area contributed by atoms with Crippen LogP contribution in [0.25, 0.3) is 0 Å². The second kappa shape index (κ2) is 67.6. The highest BCUT2D eigenvalue weighted by molar-refractivity contribution is 5.76. The first-order chi connectivity index (χ1) is 38.5. The number of aliphatic hydroxyl groups excluding tert-OH is 2. The highest BCUT2D eigenvalue weighted by Gasteiger charge is 2.18. The van der Waals surface area contributed by atoms with E-state index >= 15 is 0 Å². The molecule has 0 rings (SSSR count). The lowest BCUT2D eigenvalue weighted by Crippen LogP contribution is -2.45. The van der Waals surface area contributed by atoms with E-state index in [9.17, 15) is 19.8 Å². The van der Waals surface area contributed by atoms with Crippen molar-refractivity contribution in [3.05, 3.63) is 36.5 Å². The molecular weight excluding hydrogens is 959 g/mol. The smallest absolute Gasteiger partial charge is 0.305 e. The number of rotatable bonds is 66.